The lowest BCUT2D eigenvalue weighted by molar-refractivity contribution is -0.146. The van der Waals surface area contributed by atoms with Crippen molar-refractivity contribution in [2.75, 3.05) is 0 Å². The van der Waals surface area contributed by atoms with Gasteiger partial charge in [-0.2, -0.15) is 4.98 Å². The van der Waals surface area contributed by atoms with Crippen molar-refractivity contribution in [1.82, 2.24) is 15.1 Å². The number of nitrogens with zero attached hydrogens (tertiary/aromatic N) is 2. The fourth-order valence-corrected chi connectivity index (χ4v) is 3.31. The molecule has 0 unspecified atom stereocenters. The SMILES string of the molecule is CC(=O)c1c(C)[nH]c(C(=O)[C@@H](C)OC(=O)CCc2nc(-c3ccccc3)no2)c1C. The van der Waals surface area contributed by atoms with Gasteiger partial charge < -0.3 is 14.2 Å². The van der Waals surface area contributed by atoms with Crippen LogP contribution in [0, 0.1) is 13.8 Å². The van der Waals surface area contributed by atoms with Crippen molar-refractivity contribution in [2.45, 2.75) is 46.6 Å². The summed E-state index contributed by atoms with van der Waals surface area (Å²) in [5.41, 5.74) is 2.76. The molecule has 3 rings (SSSR count). The van der Waals surface area contributed by atoms with Crippen LogP contribution in [0.25, 0.3) is 11.4 Å². The van der Waals surface area contributed by atoms with Gasteiger partial charge in [0.2, 0.25) is 17.5 Å². The van der Waals surface area contributed by atoms with E-state index in [1.54, 1.807) is 13.8 Å². The second kappa shape index (κ2) is 8.86. The van der Waals surface area contributed by atoms with E-state index in [9.17, 15) is 14.4 Å². The van der Waals surface area contributed by atoms with Crippen molar-refractivity contribution in [2.24, 2.45) is 0 Å². The van der Waals surface area contributed by atoms with Crippen LogP contribution in [0.4, 0.5) is 0 Å². The van der Waals surface area contributed by atoms with Crippen molar-refractivity contribution in [3.05, 3.63) is 58.7 Å². The lowest BCUT2D eigenvalue weighted by Gasteiger charge is -2.11. The Bertz CT molecular complexity index is 1080. The van der Waals surface area contributed by atoms with Gasteiger partial charge in [-0.05, 0) is 33.3 Å². The third kappa shape index (κ3) is 4.53. The molecule has 0 fully saturated rings. The average Bonchev–Trinajstić information content (AvgIpc) is 3.30. The molecule has 1 N–H and O–H groups in total. The van der Waals surface area contributed by atoms with Gasteiger partial charge in [0.1, 0.15) is 0 Å². The minimum atomic E-state index is -0.989. The number of hydrogen-bond donors (Lipinski definition) is 1. The lowest BCUT2D eigenvalue weighted by Crippen LogP contribution is -2.25. The number of hydrogen-bond acceptors (Lipinski definition) is 7. The topological polar surface area (TPSA) is 115 Å². The first-order valence-corrected chi connectivity index (χ1v) is 9.59. The summed E-state index contributed by atoms with van der Waals surface area (Å²) in [6, 6.07) is 9.34. The molecule has 1 atom stereocenters. The molecule has 0 saturated heterocycles. The highest BCUT2D eigenvalue weighted by Gasteiger charge is 2.26. The Morgan fingerprint density at radius 2 is 1.87 bits per heavy atom. The van der Waals surface area contributed by atoms with Gasteiger partial charge in [-0.25, -0.2) is 0 Å². The van der Waals surface area contributed by atoms with Crippen molar-refractivity contribution in [3.8, 4) is 11.4 Å². The molecule has 0 aliphatic heterocycles. The number of aromatic nitrogens is 3. The molecule has 3 aromatic rings. The number of nitrogens with one attached hydrogen (secondary N) is 1. The maximum absolute atomic E-state index is 12.7. The minimum absolute atomic E-state index is 0.00449. The number of ketones is 2. The monoisotopic (exact) mass is 409 g/mol. The van der Waals surface area contributed by atoms with E-state index in [0.29, 0.717) is 28.5 Å². The van der Waals surface area contributed by atoms with Crippen LogP contribution in [0.2, 0.25) is 0 Å². The molecule has 0 spiro atoms. The molecule has 8 nitrogen and oxygen atoms in total. The minimum Gasteiger partial charge on any atom is -0.454 e. The molecule has 30 heavy (non-hydrogen) atoms. The number of ether oxygens (including phenoxy) is 1. The van der Waals surface area contributed by atoms with Crippen LogP contribution in [-0.2, 0) is 16.0 Å². The number of aryl methyl sites for hydroxylation is 2. The molecular weight excluding hydrogens is 386 g/mol. The molecule has 2 heterocycles. The second-order valence-corrected chi connectivity index (χ2v) is 7.06. The number of H-pyrrole nitrogens is 1. The van der Waals surface area contributed by atoms with E-state index < -0.39 is 12.1 Å². The average molecular weight is 409 g/mol. The lowest BCUT2D eigenvalue weighted by atomic mass is 10.0. The normalized spacial score (nSPS) is 11.9. The summed E-state index contributed by atoms with van der Waals surface area (Å²) in [5, 5.41) is 3.90. The standard InChI is InChI=1S/C22H23N3O5/c1-12-19(14(3)26)13(2)23-20(12)21(28)15(4)29-18(27)11-10-17-24-22(25-30-17)16-8-6-5-7-9-16/h5-9,15,23H,10-11H2,1-4H3/t15-/m1/s1. The molecule has 0 aliphatic carbocycles. The fraction of sp³-hybridized carbons (Fsp3) is 0.318. The van der Waals surface area contributed by atoms with Gasteiger partial charge in [0.05, 0.1) is 12.1 Å². The van der Waals surface area contributed by atoms with Crippen LogP contribution in [0.3, 0.4) is 0 Å². The van der Waals surface area contributed by atoms with Crippen LogP contribution in [-0.4, -0.2) is 38.8 Å². The summed E-state index contributed by atoms with van der Waals surface area (Å²) in [4.78, 5) is 43.8. The zero-order valence-electron chi connectivity index (χ0n) is 17.3. The maximum Gasteiger partial charge on any atom is 0.307 e. The van der Waals surface area contributed by atoms with Crippen molar-refractivity contribution >= 4 is 17.5 Å². The molecule has 156 valence electrons. The van der Waals surface area contributed by atoms with Crippen LogP contribution in [0.5, 0.6) is 0 Å². The van der Waals surface area contributed by atoms with Gasteiger partial charge >= 0.3 is 5.97 Å². The number of aromatic amines is 1. The van der Waals surface area contributed by atoms with E-state index in [0.717, 1.165) is 5.56 Å². The van der Waals surface area contributed by atoms with Gasteiger partial charge in [0.25, 0.3) is 0 Å². The van der Waals surface area contributed by atoms with E-state index >= 15 is 0 Å². The van der Waals surface area contributed by atoms with Crippen molar-refractivity contribution < 1.29 is 23.6 Å². The highest BCUT2D eigenvalue weighted by Crippen LogP contribution is 2.21. The molecule has 8 heteroatoms. The summed E-state index contributed by atoms with van der Waals surface area (Å²) in [6.07, 6.45) is -0.791. The molecule has 2 aromatic heterocycles. The molecule has 0 radical (unpaired) electrons. The third-order valence-electron chi connectivity index (χ3n) is 4.76. The Labute approximate surface area is 173 Å². The number of rotatable bonds is 8. The summed E-state index contributed by atoms with van der Waals surface area (Å²) in [7, 11) is 0. The number of carbonyl (C=O) groups is 3. The van der Waals surface area contributed by atoms with E-state index in [1.165, 1.54) is 13.8 Å². The Morgan fingerprint density at radius 1 is 1.17 bits per heavy atom. The maximum atomic E-state index is 12.7. The predicted molar refractivity (Wildman–Crippen MR) is 108 cm³/mol. The van der Waals surface area contributed by atoms with Gasteiger partial charge in [-0.3, -0.25) is 14.4 Å². The van der Waals surface area contributed by atoms with Gasteiger partial charge in [-0.15, -0.1) is 0 Å². The molecular formula is C22H23N3O5. The third-order valence-corrected chi connectivity index (χ3v) is 4.76. The Balaban J connectivity index is 1.57. The Kier molecular flexibility index (Phi) is 6.25. The van der Waals surface area contributed by atoms with Crippen LogP contribution < -0.4 is 0 Å². The first kappa shape index (κ1) is 21.2. The van der Waals surface area contributed by atoms with Crippen molar-refractivity contribution in [3.63, 3.8) is 0 Å². The zero-order valence-corrected chi connectivity index (χ0v) is 17.3. The zero-order chi connectivity index (χ0) is 21.8. The molecule has 1 aromatic carbocycles. The van der Waals surface area contributed by atoms with E-state index in [1.807, 2.05) is 30.3 Å². The van der Waals surface area contributed by atoms with Gasteiger partial charge in [-0.1, -0.05) is 35.5 Å². The Hall–Kier alpha value is -3.55. The molecule has 0 bridgehead atoms. The van der Waals surface area contributed by atoms with E-state index in [2.05, 4.69) is 15.1 Å². The largest absolute Gasteiger partial charge is 0.454 e. The van der Waals surface area contributed by atoms with Crippen LogP contribution in [0.15, 0.2) is 34.9 Å². The summed E-state index contributed by atoms with van der Waals surface area (Å²) >= 11 is 0. The molecule has 0 saturated carbocycles. The highest BCUT2D eigenvalue weighted by molar-refractivity contribution is 6.05. The summed E-state index contributed by atoms with van der Waals surface area (Å²) < 4.78 is 10.4. The Morgan fingerprint density at radius 3 is 2.50 bits per heavy atom. The van der Waals surface area contributed by atoms with E-state index in [-0.39, 0.29) is 30.1 Å². The fourth-order valence-electron chi connectivity index (χ4n) is 3.31. The molecule has 0 amide bonds. The second-order valence-electron chi connectivity index (χ2n) is 7.06. The highest BCUT2D eigenvalue weighted by atomic mass is 16.5. The van der Waals surface area contributed by atoms with Crippen LogP contribution >= 0.6 is 0 Å². The quantitative estimate of drug-likeness (QED) is 0.446. The number of esters is 1. The summed E-state index contributed by atoms with van der Waals surface area (Å²) in [5.74, 6) is -0.309. The molecule has 0 aliphatic rings. The summed E-state index contributed by atoms with van der Waals surface area (Å²) in [6.45, 7) is 6.37. The van der Waals surface area contributed by atoms with Crippen molar-refractivity contribution in [1.29, 1.82) is 0 Å². The first-order valence-electron chi connectivity index (χ1n) is 9.59. The van der Waals surface area contributed by atoms with E-state index in [4.69, 9.17) is 9.26 Å². The number of benzene rings is 1. The number of Topliss-reactive ketones (excluding diaryl/α,β-unsaturated/α-hetero) is 2. The first-order chi connectivity index (χ1) is 14.3. The van der Waals surface area contributed by atoms with Gasteiger partial charge in [0.15, 0.2) is 11.9 Å². The van der Waals surface area contributed by atoms with Gasteiger partial charge in [0, 0.05) is 23.2 Å². The predicted octanol–water partition coefficient (Wildman–Crippen LogP) is 3.63. The number of carbonyl (C=O) groups excluding carboxylic acids is 3. The smallest absolute Gasteiger partial charge is 0.307 e. The van der Waals surface area contributed by atoms with Crippen LogP contribution in [0.1, 0.15) is 58.3 Å².